The maximum absolute atomic E-state index is 13.0. The summed E-state index contributed by atoms with van der Waals surface area (Å²) in [6.07, 6.45) is 4.18. The molecule has 0 aromatic carbocycles. The second-order valence-electron chi connectivity index (χ2n) is 5.58. The Morgan fingerprint density at radius 3 is 2.62 bits per heavy atom. The average molecular weight is 395 g/mol. The molecular formula is C14H23BrN2O2S2. The van der Waals surface area contributed by atoms with E-state index < -0.39 is 10.0 Å². The van der Waals surface area contributed by atoms with E-state index in [0.29, 0.717) is 17.3 Å². The second kappa shape index (κ2) is 7.08. The standard InChI is InChI=1S/C14H23BrN2O2S2/c1-3-17(12-7-5-4-6-11(12)9-16)21(18,19)13-8-10(2)14(15)20-13/h8,11-12H,3-7,9,16H2,1-2H3. The molecule has 4 nitrogen and oxygen atoms in total. The molecule has 0 bridgehead atoms. The van der Waals surface area contributed by atoms with Crippen LogP contribution in [0.2, 0.25) is 0 Å². The van der Waals surface area contributed by atoms with Crippen LogP contribution in [0, 0.1) is 12.8 Å². The first-order valence-corrected chi connectivity index (χ1v) is 10.4. The van der Waals surface area contributed by atoms with Gasteiger partial charge < -0.3 is 5.73 Å². The SMILES string of the molecule is CCN(C1CCCCC1CN)S(=O)(=O)c1cc(C)c(Br)s1. The van der Waals surface area contributed by atoms with Crippen LogP contribution >= 0.6 is 27.3 Å². The predicted octanol–water partition coefficient (Wildman–Crippen LogP) is 3.35. The van der Waals surface area contributed by atoms with Gasteiger partial charge in [-0.2, -0.15) is 4.31 Å². The zero-order valence-corrected chi connectivity index (χ0v) is 15.7. The van der Waals surface area contributed by atoms with Gasteiger partial charge in [-0.3, -0.25) is 0 Å². The Hall–Kier alpha value is 0.0500. The molecular weight excluding hydrogens is 372 g/mol. The van der Waals surface area contributed by atoms with Gasteiger partial charge in [-0.15, -0.1) is 11.3 Å². The highest BCUT2D eigenvalue weighted by molar-refractivity contribution is 9.11. The van der Waals surface area contributed by atoms with Crippen molar-refractivity contribution in [3.63, 3.8) is 0 Å². The van der Waals surface area contributed by atoms with Gasteiger partial charge in [0.25, 0.3) is 10.0 Å². The van der Waals surface area contributed by atoms with Gasteiger partial charge in [0, 0.05) is 12.6 Å². The summed E-state index contributed by atoms with van der Waals surface area (Å²) in [5.41, 5.74) is 6.84. The molecule has 21 heavy (non-hydrogen) atoms. The highest BCUT2D eigenvalue weighted by Crippen LogP contribution is 2.36. The van der Waals surface area contributed by atoms with Crippen molar-refractivity contribution in [2.75, 3.05) is 13.1 Å². The summed E-state index contributed by atoms with van der Waals surface area (Å²) in [6.45, 7) is 4.89. The minimum Gasteiger partial charge on any atom is -0.330 e. The molecule has 120 valence electrons. The van der Waals surface area contributed by atoms with Gasteiger partial charge in [0.15, 0.2) is 0 Å². The molecule has 2 atom stereocenters. The third-order valence-electron chi connectivity index (χ3n) is 4.25. The van der Waals surface area contributed by atoms with Gasteiger partial charge in [0.1, 0.15) is 4.21 Å². The molecule has 0 spiro atoms. The van der Waals surface area contributed by atoms with Crippen LogP contribution in [0.5, 0.6) is 0 Å². The van der Waals surface area contributed by atoms with Gasteiger partial charge in [-0.25, -0.2) is 8.42 Å². The molecule has 1 aromatic rings. The third-order valence-corrected chi connectivity index (χ3v) is 8.84. The van der Waals surface area contributed by atoms with E-state index in [-0.39, 0.29) is 12.0 Å². The van der Waals surface area contributed by atoms with Crippen molar-refractivity contribution in [1.29, 1.82) is 0 Å². The molecule has 2 N–H and O–H groups in total. The Balaban J connectivity index is 2.34. The molecule has 1 aliphatic rings. The van der Waals surface area contributed by atoms with Crippen LogP contribution in [-0.2, 0) is 10.0 Å². The Labute approximate surface area is 139 Å². The first kappa shape index (κ1) is 17.4. The van der Waals surface area contributed by atoms with Gasteiger partial charge in [-0.1, -0.05) is 19.8 Å². The number of hydrogen-bond donors (Lipinski definition) is 1. The topological polar surface area (TPSA) is 63.4 Å². The summed E-state index contributed by atoms with van der Waals surface area (Å²) in [6, 6.07) is 1.80. The minimum atomic E-state index is -3.43. The second-order valence-corrected chi connectivity index (χ2v) is 10.1. The van der Waals surface area contributed by atoms with Crippen molar-refractivity contribution in [2.45, 2.75) is 49.8 Å². The lowest BCUT2D eigenvalue weighted by Crippen LogP contribution is -2.47. The van der Waals surface area contributed by atoms with E-state index in [1.54, 1.807) is 10.4 Å². The molecule has 2 rings (SSSR count). The van der Waals surface area contributed by atoms with Gasteiger partial charge in [0.2, 0.25) is 0 Å². The van der Waals surface area contributed by atoms with E-state index in [4.69, 9.17) is 5.73 Å². The predicted molar refractivity (Wildman–Crippen MR) is 91.1 cm³/mol. The number of sulfonamides is 1. The first-order valence-electron chi connectivity index (χ1n) is 7.39. The van der Waals surface area contributed by atoms with Crippen LogP contribution in [0.3, 0.4) is 0 Å². The highest BCUT2D eigenvalue weighted by Gasteiger charge is 2.36. The molecule has 1 saturated carbocycles. The number of hydrogen-bond acceptors (Lipinski definition) is 4. The van der Waals surface area contributed by atoms with Crippen molar-refractivity contribution >= 4 is 37.3 Å². The molecule has 2 unspecified atom stereocenters. The molecule has 1 aliphatic carbocycles. The quantitative estimate of drug-likeness (QED) is 0.832. The van der Waals surface area contributed by atoms with Crippen LogP contribution in [-0.4, -0.2) is 31.9 Å². The van der Waals surface area contributed by atoms with E-state index in [0.717, 1.165) is 35.0 Å². The molecule has 1 aromatic heterocycles. The number of halogens is 1. The van der Waals surface area contributed by atoms with Crippen molar-refractivity contribution in [3.05, 3.63) is 15.4 Å². The molecule has 7 heteroatoms. The molecule has 0 saturated heterocycles. The first-order chi connectivity index (χ1) is 9.91. The van der Waals surface area contributed by atoms with Crippen LogP contribution in [0.1, 0.15) is 38.2 Å². The van der Waals surface area contributed by atoms with Gasteiger partial charge in [0.05, 0.1) is 3.79 Å². The lowest BCUT2D eigenvalue weighted by atomic mass is 9.84. The number of nitrogens with zero attached hydrogens (tertiary/aromatic N) is 1. The minimum absolute atomic E-state index is 0.0416. The molecule has 0 radical (unpaired) electrons. The summed E-state index contributed by atoms with van der Waals surface area (Å²) >= 11 is 4.71. The van der Waals surface area contributed by atoms with Crippen LogP contribution < -0.4 is 5.73 Å². The van der Waals surface area contributed by atoms with Crippen LogP contribution in [0.15, 0.2) is 14.1 Å². The Kier molecular flexibility index (Phi) is 5.87. The fraction of sp³-hybridized carbons (Fsp3) is 0.714. The molecule has 1 heterocycles. The lowest BCUT2D eigenvalue weighted by molar-refractivity contribution is 0.188. The molecule has 0 amide bonds. The maximum atomic E-state index is 13.0. The summed E-state index contributed by atoms with van der Waals surface area (Å²) in [7, 11) is -3.43. The van der Waals surface area contributed by atoms with Crippen molar-refractivity contribution in [3.8, 4) is 0 Å². The van der Waals surface area contributed by atoms with E-state index >= 15 is 0 Å². The Morgan fingerprint density at radius 2 is 2.10 bits per heavy atom. The van der Waals surface area contributed by atoms with E-state index in [1.807, 2.05) is 13.8 Å². The largest absolute Gasteiger partial charge is 0.330 e. The summed E-state index contributed by atoms with van der Waals surface area (Å²) < 4.78 is 28.9. The fourth-order valence-electron chi connectivity index (χ4n) is 3.10. The number of thiophene rings is 1. The van der Waals surface area contributed by atoms with E-state index in [1.165, 1.54) is 11.3 Å². The summed E-state index contributed by atoms with van der Waals surface area (Å²) in [5.74, 6) is 0.276. The zero-order valence-electron chi connectivity index (χ0n) is 12.5. The van der Waals surface area contributed by atoms with Crippen molar-refractivity contribution < 1.29 is 8.42 Å². The summed E-state index contributed by atoms with van der Waals surface area (Å²) in [5, 5.41) is 0. The summed E-state index contributed by atoms with van der Waals surface area (Å²) in [4.78, 5) is 0. The average Bonchev–Trinajstić information content (AvgIpc) is 2.80. The third kappa shape index (κ3) is 3.52. The lowest BCUT2D eigenvalue weighted by Gasteiger charge is -2.38. The molecule has 0 aliphatic heterocycles. The molecule has 1 fully saturated rings. The van der Waals surface area contributed by atoms with Crippen molar-refractivity contribution in [1.82, 2.24) is 4.31 Å². The van der Waals surface area contributed by atoms with E-state index in [2.05, 4.69) is 15.9 Å². The fourth-order valence-corrected chi connectivity index (χ4v) is 7.18. The number of nitrogens with two attached hydrogens (primary N) is 1. The Bertz CT molecular complexity index is 566. The number of aryl methyl sites for hydroxylation is 1. The Morgan fingerprint density at radius 1 is 1.43 bits per heavy atom. The van der Waals surface area contributed by atoms with Crippen LogP contribution in [0.4, 0.5) is 0 Å². The van der Waals surface area contributed by atoms with Gasteiger partial charge in [-0.05, 0) is 59.8 Å². The van der Waals surface area contributed by atoms with Crippen molar-refractivity contribution in [2.24, 2.45) is 11.7 Å². The smallest absolute Gasteiger partial charge is 0.252 e. The highest BCUT2D eigenvalue weighted by atomic mass is 79.9. The monoisotopic (exact) mass is 394 g/mol. The van der Waals surface area contributed by atoms with E-state index in [9.17, 15) is 8.42 Å². The van der Waals surface area contributed by atoms with Crippen LogP contribution in [0.25, 0.3) is 0 Å². The zero-order chi connectivity index (χ0) is 15.6. The normalized spacial score (nSPS) is 23.7. The van der Waals surface area contributed by atoms with Gasteiger partial charge >= 0.3 is 0 Å². The number of rotatable bonds is 5. The maximum Gasteiger partial charge on any atom is 0.252 e.